The molecule has 2 heterocycles. The summed E-state index contributed by atoms with van der Waals surface area (Å²) < 4.78 is 6.03. The molecule has 2 aliphatic heterocycles. The van der Waals surface area contributed by atoms with Gasteiger partial charge in [-0.25, -0.2) is 0 Å². The fourth-order valence-electron chi connectivity index (χ4n) is 5.47. The van der Waals surface area contributed by atoms with Crippen molar-refractivity contribution in [2.24, 2.45) is 0 Å². The minimum Gasteiger partial charge on any atom is -0.507 e. The zero-order chi connectivity index (χ0) is 24.7. The van der Waals surface area contributed by atoms with Crippen molar-refractivity contribution in [1.82, 2.24) is 0 Å². The molecule has 6 rings (SSSR count). The monoisotopic (exact) mass is 471 g/mol. The first-order chi connectivity index (χ1) is 16.8. The van der Waals surface area contributed by atoms with E-state index in [0.717, 1.165) is 0 Å². The first-order valence-corrected chi connectivity index (χ1v) is 10.7. The highest BCUT2D eigenvalue weighted by molar-refractivity contribution is 6.32. The van der Waals surface area contributed by atoms with Crippen molar-refractivity contribution in [2.75, 3.05) is 11.9 Å². The highest BCUT2D eigenvalue weighted by Crippen LogP contribution is 2.67. The summed E-state index contributed by atoms with van der Waals surface area (Å²) >= 11 is 0. The number of rotatable bonds is 2. The minimum atomic E-state index is -1.79. The van der Waals surface area contributed by atoms with Gasteiger partial charge in [0.05, 0.1) is 29.0 Å². The highest BCUT2D eigenvalue weighted by atomic mass is 16.7. The molecule has 2 aliphatic carbocycles. The SMILES string of the molecule is O=C1c2cccc(O)c2C(=O)c2c3c(cc(O)c21)[C@@]12O[C@@]1([C@H](O)CO)[C@H](C#CC=CC#C[C@H]2O)N3. The number of hydrogen-bond donors (Lipinski definition) is 6. The Hall–Kier alpha value is -4.12. The molecule has 35 heavy (non-hydrogen) atoms. The van der Waals surface area contributed by atoms with Gasteiger partial charge in [0.2, 0.25) is 0 Å². The van der Waals surface area contributed by atoms with E-state index in [1.165, 1.54) is 36.4 Å². The number of aliphatic hydroxyl groups is 3. The van der Waals surface area contributed by atoms with Crippen LogP contribution in [0.5, 0.6) is 11.5 Å². The quantitative estimate of drug-likeness (QED) is 0.171. The van der Waals surface area contributed by atoms with Crippen molar-refractivity contribution < 1.29 is 39.9 Å². The van der Waals surface area contributed by atoms with E-state index in [0.29, 0.717) is 0 Å². The van der Waals surface area contributed by atoms with Crippen LogP contribution in [0.25, 0.3) is 0 Å². The zero-order valence-electron chi connectivity index (χ0n) is 17.9. The fraction of sp³-hybridized carbons (Fsp3) is 0.231. The number of carbonyl (C=O) groups is 2. The van der Waals surface area contributed by atoms with Gasteiger partial charge in [-0.1, -0.05) is 35.8 Å². The van der Waals surface area contributed by atoms with Crippen LogP contribution in [0.3, 0.4) is 0 Å². The molecule has 2 aromatic carbocycles. The molecule has 174 valence electrons. The van der Waals surface area contributed by atoms with Gasteiger partial charge in [-0.15, -0.1) is 0 Å². The van der Waals surface area contributed by atoms with E-state index in [4.69, 9.17) is 4.74 Å². The lowest BCUT2D eigenvalue weighted by Gasteiger charge is -2.38. The first kappa shape index (κ1) is 21.4. The third kappa shape index (κ3) is 2.42. The third-order valence-electron chi connectivity index (χ3n) is 7.01. The summed E-state index contributed by atoms with van der Waals surface area (Å²) in [7, 11) is 0. The number of epoxide rings is 1. The Morgan fingerprint density at radius 3 is 2.51 bits per heavy atom. The third-order valence-corrected chi connectivity index (χ3v) is 7.01. The Balaban J connectivity index is 1.69. The van der Waals surface area contributed by atoms with Crippen LogP contribution in [0.1, 0.15) is 37.4 Å². The van der Waals surface area contributed by atoms with Crippen LogP contribution in [-0.2, 0) is 10.3 Å². The van der Waals surface area contributed by atoms with Crippen LogP contribution >= 0.6 is 0 Å². The largest absolute Gasteiger partial charge is 0.507 e. The second kappa shape index (κ2) is 6.95. The molecule has 5 atom stereocenters. The number of benzene rings is 2. The predicted molar refractivity (Wildman–Crippen MR) is 120 cm³/mol. The number of ether oxygens (including phenoxy) is 1. The smallest absolute Gasteiger partial charge is 0.200 e. The van der Waals surface area contributed by atoms with E-state index in [-0.39, 0.29) is 33.5 Å². The number of ketones is 2. The van der Waals surface area contributed by atoms with E-state index in [1.54, 1.807) is 0 Å². The van der Waals surface area contributed by atoms with Crippen LogP contribution in [-0.4, -0.2) is 67.6 Å². The van der Waals surface area contributed by atoms with Gasteiger partial charge in [-0.3, -0.25) is 9.59 Å². The highest BCUT2D eigenvalue weighted by Gasteiger charge is 2.83. The lowest BCUT2D eigenvalue weighted by Crippen LogP contribution is -2.56. The molecule has 2 bridgehead atoms. The molecular weight excluding hydrogens is 454 g/mol. The second-order valence-corrected chi connectivity index (χ2v) is 8.65. The summed E-state index contributed by atoms with van der Waals surface area (Å²) in [5.41, 5.74) is -4.13. The van der Waals surface area contributed by atoms with Crippen molar-refractivity contribution in [3.63, 3.8) is 0 Å². The van der Waals surface area contributed by atoms with E-state index in [1.807, 2.05) is 0 Å². The normalized spacial score (nSPS) is 29.6. The number of hydrogen-bond acceptors (Lipinski definition) is 9. The van der Waals surface area contributed by atoms with Crippen LogP contribution in [0.2, 0.25) is 0 Å². The van der Waals surface area contributed by atoms with Crippen molar-refractivity contribution in [3.05, 3.63) is 64.2 Å². The van der Waals surface area contributed by atoms with Crippen molar-refractivity contribution >= 4 is 17.3 Å². The molecule has 9 nitrogen and oxygen atoms in total. The van der Waals surface area contributed by atoms with Crippen molar-refractivity contribution in [3.8, 4) is 35.2 Å². The summed E-state index contributed by atoms with van der Waals surface area (Å²) in [5, 5.41) is 56.1. The predicted octanol–water partition coefficient (Wildman–Crippen LogP) is -0.0777. The summed E-state index contributed by atoms with van der Waals surface area (Å²) in [6, 6.07) is 4.20. The summed E-state index contributed by atoms with van der Waals surface area (Å²) in [6.07, 6.45) is -0.236. The fourth-order valence-corrected chi connectivity index (χ4v) is 5.47. The number of carbonyl (C=O) groups excluding carboxylic acids is 2. The van der Waals surface area contributed by atoms with Gasteiger partial charge >= 0.3 is 0 Å². The van der Waals surface area contributed by atoms with Crippen LogP contribution in [0, 0.1) is 23.7 Å². The van der Waals surface area contributed by atoms with Crippen molar-refractivity contribution in [1.29, 1.82) is 0 Å². The molecule has 0 amide bonds. The summed E-state index contributed by atoms with van der Waals surface area (Å²) in [4.78, 5) is 26.9. The standard InChI is InChI=1S/C26H17NO8/c28-11-18(32)26-16-8-3-1-2-4-9-17(31)25(26,35-26)13-10-15(30)20-21(22(13)27-16)24(34)19-12(23(20)33)6-5-7-14(19)29/h1-2,5-7,10,16-18,27-32H,11H2/t16-,17+,18+,25-,26+/m0/s1. The lowest BCUT2D eigenvalue weighted by atomic mass is 9.69. The summed E-state index contributed by atoms with van der Waals surface area (Å²) in [6.45, 7) is -0.734. The zero-order valence-corrected chi connectivity index (χ0v) is 17.9. The van der Waals surface area contributed by atoms with E-state index >= 15 is 0 Å². The van der Waals surface area contributed by atoms with Crippen LogP contribution in [0.15, 0.2) is 36.4 Å². The number of anilines is 1. The first-order valence-electron chi connectivity index (χ1n) is 10.7. The summed E-state index contributed by atoms with van der Waals surface area (Å²) in [5.74, 6) is 8.53. The maximum Gasteiger partial charge on any atom is 0.200 e. The maximum absolute atomic E-state index is 13.6. The van der Waals surface area contributed by atoms with Gasteiger partial charge in [0.1, 0.15) is 23.6 Å². The molecule has 1 fully saturated rings. The number of aliphatic hydroxyl groups excluding tert-OH is 3. The number of phenolic OH excluding ortho intramolecular Hbond substituents is 2. The lowest BCUT2D eigenvalue weighted by molar-refractivity contribution is 0.0234. The Morgan fingerprint density at radius 2 is 1.77 bits per heavy atom. The van der Waals surface area contributed by atoms with E-state index in [2.05, 4.69) is 29.0 Å². The topological polar surface area (TPSA) is 160 Å². The second-order valence-electron chi connectivity index (χ2n) is 8.65. The van der Waals surface area contributed by atoms with Crippen LogP contribution in [0.4, 0.5) is 5.69 Å². The average molecular weight is 471 g/mol. The average Bonchev–Trinajstić information content (AvgIpc) is 3.57. The van der Waals surface area contributed by atoms with Gasteiger partial charge in [-0.2, -0.15) is 0 Å². The van der Waals surface area contributed by atoms with Gasteiger partial charge in [-0.05, 0) is 24.3 Å². The molecule has 9 heteroatoms. The number of nitrogens with one attached hydrogen (secondary N) is 1. The maximum atomic E-state index is 13.6. The Labute approximate surface area is 198 Å². The Kier molecular flexibility index (Phi) is 4.25. The molecular formula is C26H17NO8. The molecule has 1 saturated heterocycles. The molecule has 0 saturated carbocycles. The molecule has 4 aliphatic rings. The number of phenols is 2. The van der Waals surface area contributed by atoms with Crippen LogP contribution < -0.4 is 5.32 Å². The van der Waals surface area contributed by atoms with Gasteiger partial charge < -0.3 is 35.6 Å². The Bertz CT molecular complexity index is 1520. The van der Waals surface area contributed by atoms with Gasteiger partial charge in [0.25, 0.3) is 0 Å². The molecule has 0 aromatic heterocycles. The molecule has 0 unspecified atom stereocenters. The van der Waals surface area contributed by atoms with E-state index in [9.17, 15) is 35.1 Å². The number of fused-ring (bicyclic) bond motifs is 4. The number of allylic oxidation sites excluding steroid dienone is 2. The molecule has 6 N–H and O–H groups in total. The van der Waals surface area contributed by atoms with E-state index < -0.39 is 59.1 Å². The molecule has 0 spiro atoms. The van der Waals surface area contributed by atoms with Gasteiger partial charge in [0, 0.05) is 11.1 Å². The van der Waals surface area contributed by atoms with Gasteiger partial charge in [0.15, 0.2) is 28.9 Å². The minimum absolute atomic E-state index is 0.0491. The molecule has 2 aromatic rings. The Morgan fingerprint density at radius 1 is 1.03 bits per heavy atom. The molecule has 0 radical (unpaired) electrons. The number of aromatic hydroxyl groups is 2. The van der Waals surface area contributed by atoms with Crippen molar-refractivity contribution in [2.45, 2.75) is 29.5 Å².